The Balaban J connectivity index is 1.52. The van der Waals surface area contributed by atoms with Gasteiger partial charge in [-0.15, -0.1) is 0 Å². The zero-order chi connectivity index (χ0) is 24.4. The summed E-state index contributed by atoms with van der Waals surface area (Å²) in [6.45, 7) is 5.31. The number of para-hydroxylation sites is 1. The van der Waals surface area contributed by atoms with Gasteiger partial charge in [-0.2, -0.15) is 0 Å². The van der Waals surface area contributed by atoms with E-state index in [-0.39, 0.29) is 10.9 Å². The lowest BCUT2D eigenvalue weighted by molar-refractivity contribution is 0.183. The van der Waals surface area contributed by atoms with Crippen LogP contribution in [0.1, 0.15) is 37.0 Å². The summed E-state index contributed by atoms with van der Waals surface area (Å²) in [4.78, 5) is 25.3. The number of likely N-dealkylation sites (tertiary alicyclic amines) is 1. The number of hydrogen-bond acceptors (Lipinski definition) is 4. The molecule has 35 heavy (non-hydrogen) atoms. The van der Waals surface area contributed by atoms with Crippen LogP contribution < -0.4 is 5.56 Å². The molecule has 1 aliphatic rings. The molecule has 2 aromatic heterocycles. The van der Waals surface area contributed by atoms with Crippen molar-refractivity contribution in [1.82, 2.24) is 19.4 Å². The van der Waals surface area contributed by atoms with Crippen LogP contribution in [0.2, 0.25) is 5.02 Å². The second-order valence-electron chi connectivity index (χ2n) is 9.07. The van der Waals surface area contributed by atoms with Crippen molar-refractivity contribution in [2.24, 2.45) is 5.92 Å². The molecule has 5 nitrogen and oxygen atoms in total. The standard InChI is InChI=1S/C28H26ClFN4O/c1-19-13-15-33(16-14-19)18-22-6-4-5-21(31-22)10-12-27-32-25-11-9-20(30)17-23(25)28(35)34(27)26-8-3-2-7-24(26)29/h2-12,17,19H,13-16,18H2,1H3/b12-10+. The fraction of sp³-hybridized carbons (Fsp3) is 0.250. The summed E-state index contributed by atoms with van der Waals surface area (Å²) >= 11 is 6.42. The molecule has 0 aliphatic carbocycles. The van der Waals surface area contributed by atoms with Crippen LogP contribution in [0.15, 0.2) is 65.5 Å². The number of halogens is 2. The Morgan fingerprint density at radius 2 is 1.83 bits per heavy atom. The number of piperidine rings is 1. The average molecular weight is 489 g/mol. The number of nitrogens with zero attached hydrogens (tertiary/aromatic N) is 4. The zero-order valence-corrected chi connectivity index (χ0v) is 20.3. The summed E-state index contributed by atoms with van der Waals surface area (Å²) in [7, 11) is 0. The molecule has 0 saturated carbocycles. The maximum absolute atomic E-state index is 13.9. The van der Waals surface area contributed by atoms with Crippen molar-refractivity contribution in [3.63, 3.8) is 0 Å². The molecule has 0 bridgehead atoms. The fourth-order valence-electron chi connectivity index (χ4n) is 4.44. The summed E-state index contributed by atoms with van der Waals surface area (Å²) in [5.41, 5.74) is 2.29. The monoisotopic (exact) mass is 488 g/mol. The van der Waals surface area contributed by atoms with Crippen molar-refractivity contribution < 1.29 is 4.39 Å². The molecule has 2 aromatic carbocycles. The Bertz CT molecular complexity index is 1460. The van der Waals surface area contributed by atoms with Gasteiger partial charge in [-0.05, 0) is 86.5 Å². The van der Waals surface area contributed by atoms with Gasteiger partial charge in [0.1, 0.15) is 11.6 Å². The van der Waals surface area contributed by atoms with Crippen LogP contribution in [-0.2, 0) is 6.54 Å². The molecule has 1 fully saturated rings. The molecular formula is C28H26ClFN4O. The molecule has 4 aromatic rings. The van der Waals surface area contributed by atoms with Gasteiger partial charge in [0.05, 0.1) is 33.0 Å². The van der Waals surface area contributed by atoms with E-state index in [4.69, 9.17) is 16.6 Å². The minimum Gasteiger partial charge on any atom is -0.297 e. The van der Waals surface area contributed by atoms with E-state index in [9.17, 15) is 9.18 Å². The first kappa shape index (κ1) is 23.4. The van der Waals surface area contributed by atoms with Crippen molar-refractivity contribution >= 4 is 34.7 Å². The minimum atomic E-state index is -0.491. The molecule has 3 heterocycles. The maximum atomic E-state index is 13.9. The number of benzene rings is 2. The lowest BCUT2D eigenvalue weighted by atomic mass is 9.99. The first-order valence-electron chi connectivity index (χ1n) is 11.8. The van der Waals surface area contributed by atoms with Crippen molar-refractivity contribution in [2.75, 3.05) is 13.1 Å². The van der Waals surface area contributed by atoms with E-state index >= 15 is 0 Å². The second-order valence-corrected chi connectivity index (χ2v) is 9.48. The molecule has 0 unspecified atom stereocenters. The summed E-state index contributed by atoms with van der Waals surface area (Å²) in [5.74, 6) is 0.684. The number of rotatable bonds is 5. The summed E-state index contributed by atoms with van der Waals surface area (Å²) < 4.78 is 15.3. The molecule has 1 saturated heterocycles. The van der Waals surface area contributed by atoms with Crippen LogP contribution in [0.25, 0.3) is 28.7 Å². The van der Waals surface area contributed by atoms with E-state index in [0.29, 0.717) is 22.1 Å². The Labute approximate surface area is 208 Å². The van der Waals surface area contributed by atoms with Gasteiger partial charge in [0.2, 0.25) is 0 Å². The Hall–Kier alpha value is -3.35. The molecule has 1 aliphatic heterocycles. The molecule has 7 heteroatoms. The molecule has 5 rings (SSSR count). The van der Waals surface area contributed by atoms with Crippen LogP contribution in [-0.4, -0.2) is 32.5 Å². The number of aromatic nitrogens is 3. The van der Waals surface area contributed by atoms with Gasteiger partial charge in [0, 0.05) is 6.54 Å². The second kappa shape index (κ2) is 10.1. The molecule has 0 atom stereocenters. The van der Waals surface area contributed by atoms with E-state index in [0.717, 1.165) is 36.9 Å². The minimum absolute atomic E-state index is 0.193. The highest BCUT2D eigenvalue weighted by atomic mass is 35.5. The van der Waals surface area contributed by atoms with Gasteiger partial charge in [0.15, 0.2) is 0 Å². The summed E-state index contributed by atoms with van der Waals surface area (Å²) in [6, 6.07) is 17.0. The number of fused-ring (bicyclic) bond motifs is 1. The SMILES string of the molecule is CC1CCN(Cc2cccc(/C=C/c3nc4ccc(F)cc4c(=O)n3-c3ccccc3Cl)n2)CC1. The van der Waals surface area contributed by atoms with Crippen molar-refractivity contribution in [2.45, 2.75) is 26.3 Å². The molecule has 0 radical (unpaired) electrons. The predicted molar refractivity (Wildman–Crippen MR) is 139 cm³/mol. The topological polar surface area (TPSA) is 51.0 Å². The van der Waals surface area contributed by atoms with Gasteiger partial charge in [-0.1, -0.05) is 36.7 Å². The number of pyridine rings is 1. The van der Waals surface area contributed by atoms with E-state index < -0.39 is 5.82 Å². The van der Waals surface area contributed by atoms with Crippen molar-refractivity contribution in [3.05, 3.63) is 99.1 Å². The van der Waals surface area contributed by atoms with Crippen LogP contribution >= 0.6 is 11.6 Å². The van der Waals surface area contributed by atoms with Gasteiger partial charge in [-0.25, -0.2) is 9.37 Å². The van der Waals surface area contributed by atoms with Crippen LogP contribution in [0, 0.1) is 11.7 Å². The lowest BCUT2D eigenvalue weighted by Crippen LogP contribution is -2.32. The molecule has 0 spiro atoms. The largest absolute Gasteiger partial charge is 0.297 e. The Morgan fingerprint density at radius 3 is 2.63 bits per heavy atom. The summed E-state index contributed by atoms with van der Waals surface area (Å²) in [5, 5.41) is 0.593. The Kier molecular flexibility index (Phi) is 6.75. The Morgan fingerprint density at radius 1 is 1.03 bits per heavy atom. The van der Waals surface area contributed by atoms with Gasteiger partial charge in [0.25, 0.3) is 5.56 Å². The van der Waals surface area contributed by atoms with Gasteiger partial charge >= 0.3 is 0 Å². The molecular weight excluding hydrogens is 463 g/mol. The van der Waals surface area contributed by atoms with E-state index in [2.05, 4.69) is 16.8 Å². The highest BCUT2D eigenvalue weighted by Crippen LogP contribution is 2.22. The van der Waals surface area contributed by atoms with E-state index in [1.165, 1.54) is 35.6 Å². The lowest BCUT2D eigenvalue weighted by Gasteiger charge is -2.29. The van der Waals surface area contributed by atoms with Crippen LogP contribution in [0.5, 0.6) is 0 Å². The highest BCUT2D eigenvalue weighted by Gasteiger charge is 2.17. The molecule has 0 amide bonds. The molecule has 0 N–H and O–H groups in total. The third-order valence-electron chi connectivity index (χ3n) is 6.44. The van der Waals surface area contributed by atoms with Crippen LogP contribution in [0.3, 0.4) is 0 Å². The highest BCUT2D eigenvalue weighted by molar-refractivity contribution is 6.32. The number of hydrogen-bond donors (Lipinski definition) is 0. The quantitative estimate of drug-likeness (QED) is 0.347. The zero-order valence-electron chi connectivity index (χ0n) is 19.5. The smallest absolute Gasteiger partial charge is 0.266 e. The fourth-order valence-corrected chi connectivity index (χ4v) is 4.66. The van der Waals surface area contributed by atoms with Gasteiger partial charge in [-0.3, -0.25) is 19.2 Å². The molecule has 178 valence electrons. The first-order valence-corrected chi connectivity index (χ1v) is 12.2. The van der Waals surface area contributed by atoms with E-state index in [1.807, 2.05) is 24.3 Å². The maximum Gasteiger partial charge on any atom is 0.266 e. The van der Waals surface area contributed by atoms with Gasteiger partial charge < -0.3 is 0 Å². The average Bonchev–Trinajstić information content (AvgIpc) is 2.86. The summed E-state index contributed by atoms with van der Waals surface area (Å²) in [6.07, 6.45) is 6.03. The van der Waals surface area contributed by atoms with Crippen LogP contribution in [0.4, 0.5) is 4.39 Å². The third kappa shape index (κ3) is 5.19. The van der Waals surface area contributed by atoms with Crippen molar-refractivity contribution in [1.29, 1.82) is 0 Å². The first-order chi connectivity index (χ1) is 17.0. The predicted octanol–water partition coefficient (Wildman–Crippen LogP) is 5.98. The normalized spacial score (nSPS) is 15.3. The third-order valence-corrected chi connectivity index (χ3v) is 6.76. The van der Waals surface area contributed by atoms with E-state index in [1.54, 1.807) is 30.3 Å². The van der Waals surface area contributed by atoms with Crippen molar-refractivity contribution in [3.8, 4) is 5.69 Å².